The first-order valence-electron chi connectivity index (χ1n) is 9.00. The second-order valence-corrected chi connectivity index (χ2v) is 6.69. The van der Waals surface area contributed by atoms with E-state index < -0.39 is 0 Å². The lowest BCUT2D eigenvalue weighted by molar-refractivity contribution is 0.0819. The molecule has 1 aliphatic rings. The normalized spacial score (nSPS) is 15.3. The predicted molar refractivity (Wildman–Crippen MR) is 105 cm³/mol. The molecule has 5 heteroatoms. The molecule has 0 atom stereocenters. The van der Waals surface area contributed by atoms with Gasteiger partial charge in [0.15, 0.2) is 0 Å². The average Bonchev–Trinajstić information content (AvgIpc) is 3.13. The predicted octanol–water partition coefficient (Wildman–Crippen LogP) is 4.04. The average molecular weight is 349 g/mol. The Morgan fingerprint density at radius 2 is 1.85 bits per heavy atom. The molecule has 2 N–H and O–H groups in total. The molecule has 0 saturated carbocycles. The number of carbonyl (C=O) groups excluding carboxylic acids is 1. The van der Waals surface area contributed by atoms with Crippen molar-refractivity contribution in [1.29, 1.82) is 0 Å². The lowest BCUT2D eigenvalue weighted by atomic mass is 10.1. The van der Waals surface area contributed by atoms with E-state index in [1.54, 1.807) is 7.11 Å². The smallest absolute Gasteiger partial charge is 0.272 e. The minimum Gasteiger partial charge on any atom is -0.381 e. The van der Waals surface area contributed by atoms with Crippen molar-refractivity contribution in [3.8, 4) is 0 Å². The van der Waals surface area contributed by atoms with Gasteiger partial charge in [0, 0.05) is 42.5 Å². The van der Waals surface area contributed by atoms with Crippen LogP contribution < -0.4 is 10.2 Å². The second-order valence-electron chi connectivity index (χ2n) is 6.69. The summed E-state index contributed by atoms with van der Waals surface area (Å²) in [5.74, 6) is -0.130. The number of nitrogens with one attached hydrogen (secondary N) is 2. The molecule has 4 rings (SSSR count). The van der Waals surface area contributed by atoms with Crippen LogP contribution in [-0.2, 0) is 4.74 Å². The minimum absolute atomic E-state index is 0.130. The first-order chi connectivity index (χ1) is 12.7. The fourth-order valence-electron chi connectivity index (χ4n) is 3.50. The Bertz CT molecular complexity index is 860. The molecule has 1 amide bonds. The van der Waals surface area contributed by atoms with Gasteiger partial charge in [-0.15, -0.1) is 0 Å². The number of aromatic nitrogens is 1. The number of piperidine rings is 1. The maximum absolute atomic E-state index is 12.5. The Kier molecular flexibility index (Phi) is 4.63. The van der Waals surface area contributed by atoms with E-state index in [0.29, 0.717) is 11.8 Å². The summed E-state index contributed by atoms with van der Waals surface area (Å²) in [4.78, 5) is 18.0. The number of aromatic amines is 1. The number of anilines is 2. The molecule has 1 aliphatic heterocycles. The third-order valence-corrected chi connectivity index (χ3v) is 5.04. The molecule has 2 aromatic carbocycles. The largest absolute Gasteiger partial charge is 0.381 e. The highest BCUT2D eigenvalue weighted by atomic mass is 16.5. The van der Waals surface area contributed by atoms with Crippen LogP contribution >= 0.6 is 0 Å². The zero-order chi connectivity index (χ0) is 17.9. The number of hydrogen-bond acceptors (Lipinski definition) is 3. The van der Waals surface area contributed by atoms with Crippen molar-refractivity contribution < 1.29 is 9.53 Å². The highest BCUT2D eigenvalue weighted by molar-refractivity contribution is 6.05. The number of hydrogen-bond donors (Lipinski definition) is 2. The molecule has 0 radical (unpaired) electrons. The van der Waals surface area contributed by atoms with Gasteiger partial charge in [0.2, 0.25) is 0 Å². The fraction of sp³-hybridized carbons (Fsp3) is 0.286. The molecular formula is C21H23N3O2. The van der Waals surface area contributed by atoms with Crippen LogP contribution in [0.1, 0.15) is 23.3 Å². The highest BCUT2D eigenvalue weighted by Gasteiger charge is 2.19. The highest BCUT2D eigenvalue weighted by Crippen LogP contribution is 2.23. The van der Waals surface area contributed by atoms with Crippen LogP contribution in [0, 0.1) is 0 Å². The van der Waals surface area contributed by atoms with Gasteiger partial charge in [-0.25, -0.2) is 0 Å². The summed E-state index contributed by atoms with van der Waals surface area (Å²) in [5.41, 5.74) is 3.51. The lowest BCUT2D eigenvalue weighted by Gasteiger charge is -2.33. The zero-order valence-electron chi connectivity index (χ0n) is 14.9. The van der Waals surface area contributed by atoms with Crippen LogP contribution in [0.4, 0.5) is 11.4 Å². The van der Waals surface area contributed by atoms with Crippen molar-refractivity contribution >= 4 is 28.2 Å². The van der Waals surface area contributed by atoms with E-state index >= 15 is 0 Å². The first kappa shape index (κ1) is 16.7. The fourth-order valence-corrected chi connectivity index (χ4v) is 3.50. The monoisotopic (exact) mass is 349 g/mol. The number of carbonyl (C=O) groups is 1. The number of nitrogens with zero attached hydrogens (tertiary/aromatic N) is 1. The van der Waals surface area contributed by atoms with E-state index in [9.17, 15) is 4.79 Å². The number of methoxy groups -OCH3 is 1. The van der Waals surface area contributed by atoms with Gasteiger partial charge < -0.3 is 19.9 Å². The Labute approximate surface area is 153 Å². The molecular weight excluding hydrogens is 326 g/mol. The van der Waals surface area contributed by atoms with Crippen LogP contribution in [0.5, 0.6) is 0 Å². The van der Waals surface area contributed by atoms with E-state index in [4.69, 9.17) is 4.74 Å². The Balaban J connectivity index is 1.41. The van der Waals surface area contributed by atoms with Crippen LogP contribution in [0.15, 0.2) is 54.6 Å². The summed E-state index contributed by atoms with van der Waals surface area (Å²) >= 11 is 0. The first-order valence-corrected chi connectivity index (χ1v) is 9.00. The molecule has 0 spiro atoms. The number of rotatable bonds is 4. The second kappa shape index (κ2) is 7.22. The number of fused-ring (bicyclic) bond motifs is 1. The van der Waals surface area contributed by atoms with Crippen molar-refractivity contribution in [2.75, 3.05) is 30.4 Å². The summed E-state index contributed by atoms with van der Waals surface area (Å²) in [6.45, 7) is 2.00. The summed E-state index contributed by atoms with van der Waals surface area (Å²) < 4.78 is 5.42. The van der Waals surface area contributed by atoms with E-state index in [2.05, 4.69) is 27.3 Å². The number of ether oxygens (including phenoxy) is 1. The summed E-state index contributed by atoms with van der Waals surface area (Å²) in [6.07, 6.45) is 2.48. The minimum atomic E-state index is -0.130. The maximum atomic E-state index is 12.5. The molecule has 1 saturated heterocycles. The number of H-pyrrole nitrogens is 1. The van der Waals surface area contributed by atoms with Crippen molar-refractivity contribution in [2.24, 2.45) is 0 Å². The van der Waals surface area contributed by atoms with Crippen LogP contribution in [0.2, 0.25) is 0 Å². The van der Waals surface area contributed by atoms with Crippen molar-refractivity contribution in [3.05, 3.63) is 60.3 Å². The SMILES string of the molecule is COC1CCN(c2ccc(NC(=O)c3cc4ccccc4[nH]3)cc2)CC1. The molecule has 3 aromatic rings. The summed E-state index contributed by atoms with van der Waals surface area (Å²) in [6, 6.07) is 17.8. The quantitative estimate of drug-likeness (QED) is 0.747. The Hall–Kier alpha value is -2.79. The topological polar surface area (TPSA) is 57.4 Å². The van der Waals surface area contributed by atoms with Gasteiger partial charge in [-0.05, 0) is 49.2 Å². The van der Waals surface area contributed by atoms with Gasteiger partial charge in [0.25, 0.3) is 5.91 Å². The van der Waals surface area contributed by atoms with E-state index in [0.717, 1.165) is 42.5 Å². The van der Waals surface area contributed by atoms with Crippen molar-refractivity contribution in [3.63, 3.8) is 0 Å². The van der Waals surface area contributed by atoms with Gasteiger partial charge in [-0.2, -0.15) is 0 Å². The van der Waals surface area contributed by atoms with Gasteiger partial charge in [-0.3, -0.25) is 4.79 Å². The number of benzene rings is 2. The maximum Gasteiger partial charge on any atom is 0.272 e. The molecule has 0 unspecified atom stereocenters. The molecule has 1 fully saturated rings. The van der Waals surface area contributed by atoms with Gasteiger partial charge in [0.05, 0.1) is 6.10 Å². The zero-order valence-corrected chi connectivity index (χ0v) is 14.9. The molecule has 0 bridgehead atoms. The third kappa shape index (κ3) is 3.44. The molecule has 0 aliphatic carbocycles. The summed E-state index contributed by atoms with van der Waals surface area (Å²) in [7, 11) is 1.78. The Morgan fingerprint density at radius 3 is 2.54 bits per heavy atom. The van der Waals surface area contributed by atoms with Gasteiger partial charge >= 0.3 is 0 Å². The molecule has 26 heavy (non-hydrogen) atoms. The third-order valence-electron chi connectivity index (χ3n) is 5.04. The van der Waals surface area contributed by atoms with Gasteiger partial charge in [-0.1, -0.05) is 18.2 Å². The number of para-hydroxylation sites is 1. The van der Waals surface area contributed by atoms with Crippen LogP contribution in [0.3, 0.4) is 0 Å². The van der Waals surface area contributed by atoms with Crippen LogP contribution in [0.25, 0.3) is 10.9 Å². The molecule has 1 aromatic heterocycles. The molecule has 134 valence electrons. The lowest BCUT2D eigenvalue weighted by Crippen LogP contribution is -2.36. The van der Waals surface area contributed by atoms with E-state index in [1.807, 2.05) is 42.5 Å². The van der Waals surface area contributed by atoms with Crippen LogP contribution in [-0.4, -0.2) is 37.2 Å². The molecule has 2 heterocycles. The standard InChI is InChI=1S/C21H23N3O2/c1-26-18-10-12-24(13-11-18)17-8-6-16(7-9-17)22-21(25)20-14-15-4-2-3-5-19(15)23-20/h2-9,14,18,23H,10-13H2,1H3,(H,22,25). The van der Waals surface area contributed by atoms with Crippen molar-refractivity contribution in [1.82, 2.24) is 4.98 Å². The Morgan fingerprint density at radius 1 is 1.12 bits per heavy atom. The van der Waals surface area contributed by atoms with E-state index in [1.165, 1.54) is 5.69 Å². The van der Waals surface area contributed by atoms with E-state index in [-0.39, 0.29) is 5.91 Å². The van der Waals surface area contributed by atoms with Crippen molar-refractivity contribution in [2.45, 2.75) is 18.9 Å². The number of amides is 1. The summed E-state index contributed by atoms with van der Waals surface area (Å²) in [5, 5.41) is 3.99. The molecule has 5 nitrogen and oxygen atoms in total. The van der Waals surface area contributed by atoms with Gasteiger partial charge in [0.1, 0.15) is 5.69 Å².